The smallest absolute Gasteiger partial charge is 0.0106 e. The lowest BCUT2D eigenvalue weighted by Crippen LogP contribution is -1.87. The number of benzene rings is 2. The minimum atomic E-state index is 1.04. The lowest BCUT2D eigenvalue weighted by atomic mass is 9.95. The number of rotatable bonds is 4. The van der Waals surface area contributed by atoms with Gasteiger partial charge in [-0.15, -0.1) is 0 Å². The quantitative estimate of drug-likeness (QED) is 0.662. The van der Waals surface area contributed by atoms with Crippen LogP contribution in [0.25, 0.3) is 23.3 Å². The monoisotopic (exact) mass is 234 g/mol. The van der Waals surface area contributed by atoms with E-state index >= 15 is 0 Å². The van der Waals surface area contributed by atoms with Crippen LogP contribution in [0.4, 0.5) is 0 Å². The first-order chi connectivity index (χ1) is 8.86. The fourth-order valence-electron chi connectivity index (χ4n) is 2.05. The predicted octanol–water partition coefficient (Wildman–Crippen LogP) is 5.42. The van der Waals surface area contributed by atoms with Gasteiger partial charge >= 0.3 is 0 Å². The highest BCUT2D eigenvalue weighted by Crippen LogP contribution is 2.28. The van der Waals surface area contributed by atoms with Crippen LogP contribution in [0.15, 0.2) is 61.2 Å². The molecule has 2 rings (SSSR count). The molecule has 0 aliphatic rings. The Labute approximate surface area is 109 Å². The van der Waals surface area contributed by atoms with E-state index in [0.29, 0.717) is 0 Å². The molecule has 0 heterocycles. The van der Waals surface area contributed by atoms with Gasteiger partial charge in [0, 0.05) is 0 Å². The Bertz CT molecular complexity index is 548. The fraction of sp³-hybridized carbons (Fsp3) is 0.111. The van der Waals surface area contributed by atoms with Gasteiger partial charge in [0.15, 0.2) is 0 Å². The van der Waals surface area contributed by atoms with Crippen molar-refractivity contribution < 1.29 is 0 Å². The first kappa shape index (κ1) is 12.4. The van der Waals surface area contributed by atoms with Crippen LogP contribution in [0.3, 0.4) is 0 Å². The van der Waals surface area contributed by atoms with Gasteiger partial charge in [0.1, 0.15) is 0 Å². The summed E-state index contributed by atoms with van der Waals surface area (Å²) in [6.07, 6.45) is 7.34. The second kappa shape index (κ2) is 6.02. The van der Waals surface area contributed by atoms with Crippen LogP contribution >= 0.6 is 0 Å². The Balaban J connectivity index is 2.60. The van der Waals surface area contributed by atoms with Crippen molar-refractivity contribution in [2.24, 2.45) is 0 Å². The molecular weight excluding hydrogens is 216 g/mol. The van der Waals surface area contributed by atoms with Gasteiger partial charge in [-0.2, -0.15) is 0 Å². The summed E-state index contributed by atoms with van der Waals surface area (Å²) in [4.78, 5) is 0. The molecule has 18 heavy (non-hydrogen) atoms. The molecule has 0 N–H and O–H groups in total. The van der Waals surface area contributed by atoms with Gasteiger partial charge in [-0.3, -0.25) is 0 Å². The Kier molecular flexibility index (Phi) is 4.14. The Morgan fingerprint density at radius 3 is 2.44 bits per heavy atom. The van der Waals surface area contributed by atoms with Crippen molar-refractivity contribution >= 4 is 12.2 Å². The summed E-state index contributed by atoms with van der Waals surface area (Å²) in [5, 5.41) is 0. The number of hydrogen-bond acceptors (Lipinski definition) is 0. The normalized spacial score (nSPS) is 10.7. The standard InChI is InChI=1S/C18H18/c1-3-5-13-17-15(4-2)12-9-14-18(17)16-10-7-6-8-11-16/h4-14H,2-3H2,1H3. The molecule has 0 amide bonds. The molecule has 0 aromatic heterocycles. The van der Waals surface area contributed by atoms with Crippen LogP contribution in [-0.2, 0) is 0 Å². The van der Waals surface area contributed by atoms with E-state index in [4.69, 9.17) is 0 Å². The topological polar surface area (TPSA) is 0 Å². The molecule has 2 aromatic carbocycles. The van der Waals surface area contributed by atoms with Gasteiger partial charge < -0.3 is 0 Å². The van der Waals surface area contributed by atoms with Crippen LogP contribution in [0, 0.1) is 0 Å². The zero-order chi connectivity index (χ0) is 12.8. The van der Waals surface area contributed by atoms with E-state index in [1.807, 2.05) is 12.1 Å². The van der Waals surface area contributed by atoms with Crippen molar-refractivity contribution in [1.29, 1.82) is 0 Å². The molecular formula is C18H18. The molecule has 2 aromatic rings. The Hall–Kier alpha value is -2.08. The summed E-state index contributed by atoms with van der Waals surface area (Å²) in [5.74, 6) is 0. The first-order valence-corrected chi connectivity index (χ1v) is 6.34. The lowest BCUT2D eigenvalue weighted by Gasteiger charge is -2.09. The molecule has 0 aliphatic heterocycles. The van der Waals surface area contributed by atoms with Crippen molar-refractivity contribution in [3.05, 3.63) is 72.3 Å². The van der Waals surface area contributed by atoms with Gasteiger partial charge in [0.25, 0.3) is 0 Å². The maximum absolute atomic E-state index is 3.90. The summed E-state index contributed by atoms with van der Waals surface area (Å²) in [7, 11) is 0. The van der Waals surface area contributed by atoms with Crippen LogP contribution in [0.2, 0.25) is 0 Å². The number of allylic oxidation sites excluding steroid dienone is 1. The van der Waals surface area contributed by atoms with Crippen molar-refractivity contribution in [3.8, 4) is 11.1 Å². The molecule has 0 saturated carbocycles. The highest BCUT2D eigenvalue weighted by Gasteiger charge is 2.05. The summed E-state index contributed by atoms with van der Waals surface area (Å²) in [6.45, 7) is 6.05. The minimum Gasteiger partial charge on any atom is -0.0984 e. The van der Waals surface area contributed by atoms with Crippen LogP contribution in [0.5, 0.6) is 0 Å². The molecule has 90 valence electrons. The molecule has 0 spiro atoms. The second-order valence-electron chi connectivity index (χ2n) is 4.19. The van der Waals surface area contributed by atoms with Gasteiger partial charge in [-0.1, -0.05) is 80.3 Å². The zero-order valence-electron chi connectivity index (χ0n) is 10.8. The van der Waals surface area contributed by atoms with Crippen molar-refractivity contribution in [2.75, 3.05) is 0 Å². The third-order valence-electron chi connectivity index (χ3n) is 2.96. The maximum Gasteiger partial charge on any atom is -0.0106 e. The SMILES string of the molecule is C=Cc1cccc(-c2ccccc2)c1C=CCC. The summed E-state index contributed by atoms with van der Waals surface area (Å²) in [5.41, 5.74) is 4.94. The van der Waals surface area contributed by atoms with Crippen LogP contribution in [0.1, 0.15) is 24.5 Å². The second-order valence-corrected chi connectivity index (χ2v) is 4.19. The van der Waals surface area contributed by atoms with E-state index in [1.54, 1.807) is 0 Å². The van der Waals surface area contributed by atoms with E-state index in [2.05, 4.69) is 68.1 Å². The lowest BCUT2D eigenvalue weighted by molar-refractivity contribution is 1.23. The maximum atomic E-state index is 3.90. The predicted molar refractivity (Wildman–Crippen MR) is 81.3 cm³/mol. The van der Waals surface area contributed by atoms with Crippen LogP contribution < -0.4 is 0 Å². The van der Waals surface area contributed by atoms with Gasteiger partial charge in [0.2, 0.25) is 0 Å². The molecule has 0 nitrogen and oxygen atoms in total. The summed E-state index contributed by atoms with van der Waals surface area (Å²) >= 11 is 0. The van der Waals surface area contributed by atoms with E-state index in [0.717, 1.165) is 6.42 Å². The van der Waals surface area contributed by atoms with E-state index in [9.17, 15) is 0 Å². The molecule has 0 fully saturated rings. The summed E-state index contributed by atoms with van der Waals surface area (Å²) < 4.78 is 0. The van der Waals surface area contributed by atoms with Gasteiger partial charge in [-0.25, -0.2) is 0 Å². The molecule has 0 bridgehead atoms. The highest BCUT2D eigenvalue weighted by atomic mass is 14.1. The van der Waals surface area contributed by atoms with E-state index in [-0.39, 0.29) is 0 Å². The molecule has 0 saturated heterocycles. The largest absolute Gasteiger partial charge is 0.0984 e. The Morgan fingerprint density at radius 1 is 1.00 bits per heavy atom. The minimum absolute atomic E-state index is 1.04. The third-order valence-corrected chi connectivity index (χ3v) is 2.96. The molecule has 0 atom stereocenters. The average Bonchev–Trinajstić information content (AvgIpc) is 2.45. The first-order valence-electron chi connectivity index (χ1n) is 6.34. The Morgan fingerprint density at radius 2 is 1.78 bits per heavy atom. The zero-order valence-corrected chi connectivity index (χ0v) is 10.8. The third kappa shape index (κ3) is 2.60. The molecule has 0 radical (unpaired) electrons. The van der Waals surface area contributed by atoms with Crippen molar-refractivity contribution in [3.63, 3.8) is 0 Å². The fourth-order valence-corrected chi connectivity index (χ4v) is 2.05. The number of hydrogen-bond donors (Lipinski definition) is 0. The van der Waals surface area contributed by atoms with Gasteiger partial charge in [0.05, 0.1) is 0 Å². The van der Waals surface area contributed by atoms with E-state index < -0.39 is 0 Å². The van der Waals surface area contributed by atoms with E-state index in [1.165, 1.54) is 22.3 Å². The van der Waals surface area contributed by atoms with Crippen molar-refractivity contribution in [1.82, 2.24) is 0 Å². The van der Waals surface area contributed by atoms with Gasteiger partial charge in [-0.05, 0) is 28.7 Å². The average molecular weight is 234 g/mol. The summed E-state index contributed by atoms with van der Waals surface area (Å²) in [6, 6.07) is 16.8. The molecule has 0 aliphatic carbocycles. The van der Waals surface area contributed by atoms with Crippen molar-refractivity contribution in [2.45, 2.75) is 13.3 Å². The molecule has 0 unspecified atom stereocenters. The molecule has 0 heteroatoms. The van der Waals surface area contributed by atoms with Crippen LogP contribution in [-0.4, -0.2) is 0 Å². The highest BCUT2D eigenvalue weighted by molar-refractivity contribution is 5.80.